The van der Waals surface area contributed by atoms with Crippen LogP contribution in [-0.4, -0.2) is 31.0 Å². The summed E-state index contributed by atoms with van der Waals surface area (Å²) in [6.07, 6.45) is 5.72. The highest BCUT2D eigenvalue weighted by Crippen LogP contribution is 2.39. The molecule has 1 atom stereocenters. The summed E-state index contributed by atoms with van der Waals surface area (Å²) in [6.45, 7) is 5.03. The maximum Gasteiger partial charge on any atom is 0.235 e. The predicted octanol–water partition coefficient (Wildman–Crippen LogP) is 4.02. The lowest BCUT2D eigenvalue weighted by Crippen LogP contribution is -2.15. The van der Waals surface area contributed by atoms with E-state index in [1.807, 2.05) is 19.3 Å². The summed E-state index contributed by atoms with van der Waals surface area (Å²) in [5.74, 6) is 1.62. The van der Waals surface area contributed by atoms with Crippen molar-refractivity contribution in [1.82, 2.24) is 19.3 Å². The largest absolute Gasteiger partial charge is 0.354 e. The lowest BCUT2D eigenvalue weighted by molar-refractivity contribution is -0.113. The van der Waals surface area contributed by atoms with E-state index in [0.717, 1.165) is 48.0 Å². The molecule has 0 saturated heterocycles. The van der Waals surface area contributed by atoms with Crippen LogP contribution in [0.5, 0.6) is 0 Å². The summed E-state index contributed by atoms with van der Waals surface area (Å²) in [4.78, 5) is 13.9. The van der Waals surface area contributed by atoms with Gasteiger partial charge in [0.2, 0.25) is 5.91 Å². The second kappa shape index (κ2) is 9.28. The number of carbonyl (C=O) groups is 1. The van der Waals surface area contributed by atoms with E-state index in [4.69, 9.17) is 0 Å². The van der Waals surface area contributed by atoms with E-state index in [9.17, 15) is 10.1 Å². The molecule has 0 spiro atoms. The van der Waals surface area contributed by atoms with Gasteiger partial charge in [-0.2, -0.15) is 5.26 Å². The van der Waals surface area contributed by atoms with Gasteiger partial charge in [0, 0.05) is 36.8 Å². The fourth-order valence-electron chi connectivity index (χ4n) is 3.97. The van der Waals surface area contributed by atoms with Crippen molar-refractivity contribution in [2.75, 3.05) is 11.1 Å². The summed E-state index contributed by atoms with van der Waals surface area (Å²) in [6, 6.07) is 6.39. The molecule has 0 fully saturated rings. The first kappa shape index (κ1) is 21.7. The average Bonchev–Trinajstić information content (AvgIpc) is 3.43. The van der Waals surface area contributed by atoms with E-state index < -0.39 is 0 Å². The molecule has 1 amide bonds. The third kappa shape index (κ3) is 4.55. The molecule has 0 radical (unpaired) electrons. The quantitative estimate of drug-likeness (QED) is 0.545. The van der Waals surface area contributed by atoms with Gasteiger partial charge >= 0.3 is 0 Å². The number of carbonyl (C=O) groups excluding carboxylic acids is 1. The number of rotatable bonds is 7. The monoisotopic (exact) mass is 454 g/mol. The Labute approximate surface area is 190 Å². The van der Waals surface area contributed by atoms with E-state index in [2.05, 4.69) is 50.6 Å². The van der Waals surface area contributed by atoms with Crippen molar-refractivity contribution in [1.29, 1.82) is 5.26 Å². The van der Waals surface area contributed by atoms with Crippen LogP contribution in [0.1, 0.15) is 47.8 Å². The fraction of sp³-hybridized carbons (Fsp3) is 0.455. The molecule has 3 aromatic heterocycles. The number of nitrogens with zero attached hydrogens (tertiary/aromatic N) is 5. The summed E-state index contributed by atoms with van der Waals surface area (Å²) >= 11 is 2.93. The standard InChI is InChI=1S/C22H26N6OS2/c1-4-28-19(11-15-6-5-9-27(15)3)25-26-22(28)30-13-20(29)24-21-17(12-23)16-8-7-14(2)10-18(16)31-21/h5-6,9,14H,4,7-8,10-11,13H2,1-3H3,(H,24,29). The molecule has 3 aromatic rings. The van der Waals surface area contributed by atoms with Crippen LogP contribution in [0.15, 0.2) is 23.5 Å². The first-order chi connectivity index (χ1) is 15.0. The first-order valence-electron chi connectivity index (χ1n) is 10.5. The van der Waals surface area contributed by atoms with E-state index in [1.165, 1.54) is 16.6 Å². The van der Waals surface area contributed by atoms with Gasteiger partial charge in [-0.1, -0.05) is 18.7 Å². The van der Waals surface area contributed by atoms with E-state index in [1.54, 1.807) is 11.3 Å². The third-order valence-corrected chi connectivity index (χ3v) is 7.85. The second-order valence-electron chi connectivity index (χ2n) is 7.93. The van der Waals surface area contributed by atoms with Crippen LogP contribution in [-0.2, 0) is 37.6 Å². The maximum absolute atomic E-state index is 12.6. The van der Waals surface area contributed by atoms with Gasteiger partial charge in [0.15, 0.2) is 5.16 Å². The van der Waals surface area contributed by atoms with Crippen LogP contribution in [0.25, 0.3) is 0 Å². The van der Waals surface area contributed by atoms with Crippen LogP contribution in [0, 0.1) is 17.2 Å². The lowest BCUT2D eigenvalue weighted by atomic mass is 9.89. The number of nitrogens with one attached hydrogen (secondary N) is 1. The zero-order chi connectivity index (χ0) is 22.0. The molecule has 0 bridgehead atoms. The molecule has 7 nitrogen and oxygen atoms in total. The third-order valence-electron chi connectivity index (χ3n) is 5.71. The smallest absolute Gasteiger partial charge is 0.235 e. The molecule has 162 valence electrons. The SMILES string of the molecule is CCn1c(Cc2cccn2C)nnc1SCC(=O)Nc1sc2c(c1C#N)CCC(C)C2. The molecule has 4 rings (SSSR count). The molecule has 1 N–H and O–H groups in total. The number of amides is 1. The molecule has 1 aliphatic carbocycles. The average molecular weight is 455 g/mol. The van der Waals surface area contributed by atoms with Crippen molar-refractivity contribution >= 4 is 34.0 Å². The van der Waals surface area contributed by atoms with Gasteiger partial charge in [-0.3, -0.25) is 4.79 Å². The van der Waals surface area contributed by atoms with Crippen LogP contribution < -0.4 is 5.32 Å². The van der Waals surface area contributed by atoms with Crippen molar-refractivity contribution in [3.8, 4) is 6.07 Å². The highest BCUT2D eigenvalue weighted by molar-refractivity contribution is 7.99. The lowest BCUT2D eigenvalue weighted by Gasteiger charge is -2.17. The van der Waals surface area contributed by atoms with Crippen molar-refractivity contribution in [3.05, 3.63) is 45.9 Å². The summed E-state index contributed by atoms with van der Waals surface area (Å²) in [5, 5.41) is 22.7. The Balaban J connectivity index is 1.42. The molecule has 3 heterocycles. The number of aryl methyl sites for hydroxylation is 1. The van der Waals surface area contributed by atoms with Crippen molar-refractivity contribution in [3.63, 3.8) is 0 Å². The minimum Gasteiger partial charge on any atom is -0.354 e. The zero-order valence-electron chi connectivity index (χ0n) is 18.0. The number of hydrogen-bond acceptors (Lipinski definition) is 6. The van der Waals surface area contributed by atoms with Gasteiger partial charge in [-0.15, -0.1) is 21.5 Å². The number of nitriles is 1. The number of thiophene rings is 1. The van der Waals surface area contributed by atoms with Gasteiger partial charge in [0.05, 0.1) is 11.3 Å². The second-order valence-corrected chi connectivity index (χ2v) is 9.98. The Bertz CT molecular complexity index is 1140. The van der Waals surface area contributed by atoms with E-state index >= 15 is 0 Å². The van der Waals surface area contributed by atoms with Gasteiger partial charge in [-0.25, -0.2) is 0 Å². The molecule has 1 aliphatic rings. The number of hydrogen-bond donors (Lipinski definition) is 1. The summed E-state index contributed by atoms with van der Waals surface area (Å²) in [5.41, 5.74) is 2.94. The van der Waals surface area contributed by atoms with Crippen LogP contribution >= 0.6 is 23.1 Å². The minimum absolute atomic E-state index is 0.122. The molecule has 9 heteroatoms. The first-order valence-corrected chi connectivity index (χ1v) is 12.3. The number of anilines is 1. The molecule has 1 unspecified atom stereocenters. The number of fused-ring (bicyclic) bond motifs is 1. The van der Waals surface area contributed by atoms with Gasteiger partial charge in [0.25, 0.3) is 0 Å². The Morgan fingerprint density at radius 1 is 1.45 bits per heavy atom. The van der Waals surface area contributed by atoms with Crippen LogP contribution in [0.3, 0.4) is 0 Å². The topological polar surface area (TPSA) is 88.5 Å². The van der Waals surface area contributed by atoms with E-state index in [0.29, 0.717) is 22.9 Å². The van der Waals surface area contributed by atoms with Gasteiger partial charge < -0.3 is 14.5 Å². The maximum atomic E-state index is 12.6. The highest BCUT2D eigenvalue weighted by Gasteiger charge is 2.25. The Hall–Kier alpha value is -2.57. The number of aromatic nitrogens is 4. The Kier molecular flexibility index (Phi) is 6.49. The van der Waals surface area contributed by atoms with Crippen LogP contribution in [0.4, 0.5) is 5.00 Å². The predicted molar refractivity (Wildman–Crippen MR) is 123 cm³/mol. The molecule has 0 aliphatic heterocycles. The van der Waals surface area contributed by atoms with E-state index in [-0.39, 0.29) is 11.7 Å². The Morgan fingerprint density at radius 2 is 2.29 bits per heavy atom. The van der Waals surface area contributed by atoms with Gasteiger partial charge in [-0.05, 0) is 49.8 Å². The van der Waals surface area contributed by atoms with Crippen molar-refractivity contribution < 1.29 is 4.79 Å². The fourth-order valence-corrected chi connectivity index (χ4v) is 6.16. The minimum atomic E-state index is -0.122. The van der Waals surface area contributed by atoms with Crippen molar-refractivity contribution in [2.24, 2.45) is 13.0 Å². The number of thioether (sulfide) groups is 1. The summed E-state index contributed by atoms with van der Waals surface area (Å²) in [7, 11) is 2.01. The normalized spacial score (nSPS) is 15.5. The Morgan fingerprint density at radius 3 is 3.00 bits per heavy atom. The van der Waals surface area contributed by atoms with Crippen LogP contribution in [0.2, 0.25) is 0 Å². The highest BCUT2D eigenvalue weighted by atomic mass is 32.2. The van der Waals surface area contributed by atoms with Crippen molar-refractivity contribution in [2.45, 2.75) is 51.2 Å². The molecule has 0 saturated carbocycles. The molecular formula is C22H26N6OS2. The summed E-state index contributed by atoms with van der Waals surface area (Å²) < 4.78 is 4.12. The molecular weight excluding hydrogens is 428 g/mol. The van der Waals surface area contributed by atoms with Gasteiger partial charge in [0.1, 0.15) is 16.9 Å². The molecule has 31 heavy (non-hydrogen) atoms. The zero-order valence-corrected chi connectivity index (χ0v) is 19.6. The molecule has 0 aromatic carbocycles.